The van der Waals surface area contributed by atoms with Crippen molar-refractivity contribution in [3.63, 3.8) is 0 Å². The van der Waals surface area contributed by atoms with Crippen LogP contribution in [0, 0.1) is 13.8 Å². The molecule has 1 unspecified atom stereocenters. The van der Waals surface area contributed by atoms with E-state index >= 15 is 0 Å². The Morgan fingerprint density at radius 2 is 1.62 bits per heavy atom. The van der Waals surface area contributed by atoms with E-state index in [0.29, 0.717) is 17.2 Å². The van der Waals surface area contributed by atoms with E-state index in [1.807, 2.05) is 12.1 Å². The highest BCUT2D eigenvalue weighted by Crippen LogP contribution is 2.46. The summed E-state index contributed by atoms with van der Waals surface area (Å²) in [5.41, 5.74) is 1.97. The zero-order chi connectivity index (χ0) is 15.6. The van der Waals surface area contributed by atoms with Crippen LogP contribution in [0.1, 0.15) is 26.3 Å². The fraction of sp³-hybridized carbons (Fsp3) is 0.375. The molecule has 0 spiro atoms. The number of aryl methyl sites for hydroxylation is 2. The summed E-state index contributed by atoms with van der Waals surface area (Å²) in [6, 6.07) is 5.89. The fourth-order valence-electron chi connectivity index (χ4n) is 2.39. The number of halogens is 1. The number of thiophene rings is 1. The van der Waals surface area contributed by atoms with Gasteiger partial charge >= 0.3 is 0 Å². The Labute approximate surface area is 134 Å². The van der Waals surface area contributed by atoms with Gasteiger partial charge in [-0.15, -0.1) is 22.9 Å². The molecule has 5 heteroatoms. The third-order valence-corrected chi connectivity index (χ3v) is 4.81. The lowest BCUT2D eigenvalue weighted by molar-refractivity contribution is 0.322. The molecule has 114 valence electrons. The summed E-state index contributed by atoms with van der Waals surface area (Å²) in [4.78, 5) is 2.46. The van der Waals surface area contributed by atoms with Crippen LogP contribution in [0.3, 0.4) is 0 Å². The molecule has 0 saturated heterocycles. The largest absolute Gasteiger partial charge is 0.493 e. The predicted molar refractivity (Wildman–Crippen MR) is 87.6 cm³/mol. The third kappa shape index (κ3) is 2.97. The van der Waals surface area contributed by atoms with E-state index in [2.05, 4.69) is 19.9 Å². The molecule has 2 rings (SSSR count). The van der Waals surface area contributed by atoms with Crippen molar-refractivity contribution in [1.82, 2.24) is 0 Å². The van der Waals surface area contributed by atoms with Gasteiger partial charge in [0.2, 0.25) is 5.75 Å². The number of alkyl halides is 1. The lowest BCUT2D eigenvalue weighted by atomic mass is 10.0. The average Bonchev–Trinajstić information content (AvgIpc) is 2.83. The minimum atomic E-state index is -0.287. The maximum atomic E-state index is 6.69. The molecule has 1 heterocycles. The molecule has 0 aliphatic heterocycles. The molecular weight excluding hydrogens is 308 g/mol. The zero-order valence-electron chi connectivity index (χ0n) is 12.8. The summed E-state index contributed by atoms with van der Waals surface area (Å²) in [6.07, 6.45) is 0. The van der Waals surface area contributed by atoms with Crippen LogP contribution in [0.4, 0.5) is 0 Å². The van der Waals surface area contributed by atoms with E-state index in [-0.39, 0.29) is 5.38 Å². The molecule has 1 atom stereocenters. The van der Waals surface area contributed by atoms with Gasteiger partial charge in [-0.25, -0.2) is 0 Å². The molecule has 0 amide bonds. The van der Waals surface area contributed by atoms with E-state index < -0.39 is 0 Å². The molecule has 1 aromatic heterocycles. The maximum Gasteiger partial charge on any atom is 0.203 e. The van der Waals surface area contributed by atoms with E-state index in [1.54, 1.807) is 32.7 Å². The molecule has 0 aliphatic rings. The van der Waals surface area contributed by atoms with Crippen molar-refractivity contribution in [2.45, 2.75) is 19.2 Å². The quantitative estimate of drug-likeness (QED) is 0.744. The number of rotatable bonds is 5. The molecule has 0 N–H and O–H groups in total. The summed E-state index contributed by atoms with van der Waals surface area (Å²) in [5.74, 6) is 1.80. The van der Waals surface area contributed by atoms with Gasteiger partial charge in [-0.05, 0) is 37.6 Å². The summed E-state index contributed by atoms with van der Waals surface area (Å²) < 4.78 is 16.2. The Bertz CT molecular complexity index is 637. The van der Waals surface area contributed by atoms with Crippen molar-refractivity contribution in [2.24, 2.45) is 0 Å². The van der Waals surface area contributed by atoms with E-state index in [9.17, 15) is 0 Å². The van der Waals surface area contributed by atoms with E-state index in [0.717, 1.165) is 11.1 Å². The van der Waals surface area contributed by atoms with Crippen molar-refractivity contribution >= 4 is 22.9 Å². The van der Waals surface area contributed by atoms with Crippen molar-refractivity contribution in [3.8, 4) is 17.2 Å². The van der Waals surface area contributed by atoms with Crippen LogP contribution in [0.5, 0.6) is 17.2 Å². The summed E-state index contributed by atoms with van der Waals surface area (Å²) in [7, 11) is 4.80. The lowest BCUT2D eigenvalue weighted by Crippen LogP contribution is -2.01. The monoisotopic (exact) mass is 326 g/mol. The van der Waals surface area contributed by atoms with Crippen LogP contribution in [0.15, 0.2) is 18.2 Å². The predicted octanol–water partition coefficient (Wildman–Crippen LogP) is 4.72. The first-order valence-electron chi connectivity index (χ1n) is 6.53. The number of benzene rings is 1. The SMILES string of the molecule is COc1ccc(C(Cl)c2cc(C)sc2C)c(OC)c1OC. The molecular formula is C16H19ClO3S. The van der Waals surface area contributed by atoms with Crippen LogP contribution in [-0.2, 0) is 0 Å². The van der Waals surface area contributed by atoms with Gasteiger partial charge in [-0.2, -0.15) is 0 Å². The molecule has 0 fully saturated rings. The van der Waals surface area contributed by atoms with Gasteiger partial charge in [0.15, 0.2) is 11.5 Å². The van der Waals surface area contributed by atoms with Crippen LogP contribution in [-0.4, -0.2) is 21.3 Å². The van der Waals surface area contributed by atoms with Crippen molar-refractivity contribution in [2.75, 3.05) is 21.3 Å². The summed E-state index contributed by atoms with van der Waals surface area (Å²) in [6.45, 7) is 4.16. The highest BCUT2D eigenvalue weighted by molar-refractivity contribution is 7.12. The van der Waals surface area contributed by atoms with Gasteiger partial charge in [0.25, 0.3) is 0 Å². The minimum Gasteiger partial charge on any atom is -0.493 e. The highest BCUT2D eigenvalue weighted by Gasteiger charge is 2.23. The smallest absolute Gasteiger partial charge is 0.203 e. The van der Waals surface area contributed by atoms with Crippen molar-refractivity contribution in [3.05, 3.63) is 39.1 Å². The molecule has 0 radical (unpaired) electrons. The number of hydrogen-bond acceptors (Lipinski definition) is 4. The highest BCUT2D eigenvalue weighted by atomic mass is 35.5. The Kier molecular flexibility index (Phi) is 5.01. The van der Waals surface area contributed by atoms with Crippen LogP contribution in [0.25, 0.3) is 0 Å². The molecule has 2 aromatic rings. The fourth-order valence-corrected chi connectivity index (χ4v) is 3.82. The van der Waals surface area contributed by atoms with Gasteiger partial charge in [-0.1, -0.05) is 0 Å². The minimum absolute atomic E-state index is 0.287. The molecule has 3 nitrogen and oxygen atoms in total. The van der Waals surface area contributed by atoms with E-state index in [4.69, 9.17) is 25.8 Å². The Hall–Kier alpha value is -1.39. The van der Waals surface area contributed by atoms with Gasteiger partial charge in [0.1, 0.15) is 0 Å². The number of hydrogen-bond donors (Lipinski definition) is 0. The molecule has 0 saturated carbocycles. The standard InChI is InChI=1S/C16H19ClO3S/c1-9-8-12(10(2)21-9)14(17)11-6-7-13(18-3)16(20-5)15(11)19-4/h6-8,14H,1-5H3. The maximum absolute atomic E-state index is 6.69. The third-order valence-electron chi connectivity index (χ3n) is 3.36. The van der Waals surface area contributed by atoms with E-state index in [1.165, 1.54) is 9.75 Å². The second kappa shape index (κ2) is 6.58. The molecule has 0 aliphatic carbocycles. The zero-order valence-corrected chi connectivity index (χ0v) is 14.4. The first-order valence-corrected chi connectivity index (χ1v) is 7.78. The molecule has 1 aromatic carbocycles. The summed E-state index contributed by atoms with van der Waals surface area (Å²) in [5, 5.41) is -0.287. The van der Waals surface area contributed by atoms with Gasteiger partial charge in [0.05, 0.1) is 26.7 Å². The lowest BCUT2D eigenvalue weighted by Gasteiger charge is -2.18. The summed E-state index contributed by atoms with van der Waals surface area (Å²) >= 11 is 8.43. The van der Waals surface area contributed by atoms with Crippen molar-refractivity contribution < 1.29 is 14.2 Å². The first kappa shape index (κ1) is 16.0. The first-order chi connectivity index (χ1) is 10.0. The van der Waals surface area contributed by atoms with Crippen LogP contribution in [0.2, 0.25) is 0 Å². The second-order valence-corrected chi connectivity index (χ2v) is 6.55. The Balaban J connectivity index is 2.55. The number of methoxy groups -OCH3 is 3. The Morgan fingerprint density at radius 1 is 0.952 bits per heavy atom. The molecule has 0 bridgehead atoms. The van der Waals surface area contributed by atoms with Crippen LogP contribution >= 0.6 is 22.9 Å². The molecule has 21 heavy (non-hydrogen) atoms. The van der Waals surface area contributed by atoms with Gasteiger partial charge in [0, 0.05) is 15.3 Å². The van der Waals surface area contributed by atoms with Crippen LogP contribution < -0.4 is 14.2 Å². The second-order valence-electron chi connectivity index (χ2n) is 4.65. The average molecular weight is 327 g/mol. The van der Waals surface area contributed by atoms with Gasteiger partial charge in [-0.3, -0.25) is 0 Å². The van der Waals surface area contributed by atoms with Crippen molar-refractivity contribution in [1.29, 1.82) is 0 Å². The topological polar surface area (TPSA) is 27.7 Å². The Morgan fingerprint density at radius 3 is 2.10 bits per heavy atom. The van der Waals surface area contributed by atoms with Gasteiger partial charge < -0.3 is 14.2 Å². The normalized spacial score (nSPS) is 12.1. The number of ether oxygens (including phenoxy) is 3.